The Morgan fingerprint density at radius 3 is 2.48 bits per heavy atom. The number of fused-ring (bicyclic) bond motifs is 1. The van der Waals surface area contributed by atoms with Crippen LogP contribution in [0.3, 0.4) is 0 Å². The minimum absolute atomic E-state index is 0.166. The molecule has 0 bridgehead atoms. The van der Waals surface area contributed by atoms with Crippen molar-refractivity contribution in [2.45, 2.75) is 19.1 Å². The predicted octanol–water partition coefficient (Wildman–Crippen LogP) is 2.76. The highest BCUT2D eigenvalue weighted by molar-refractivity contribution is 5.32. The van der Waals surface area contributed by atoms with Crippen molar-refractivity contribution in [3.8, 4) is 5.75 Å². The SMILES string of the molecule is OC(COc1ccccc1)CN1CCc2c(F)ccc(F)c2C1. The summed E-state index contributed by atoms with van der Waals surface area (Å²) in [7, 11) is 0. The molecule has 0 radical (unpaired) electrons. The first-order chi connectivity index (χ1) is 11.1. The quantitative estimate of drug-likeness (QED) is 0.920. The van der Waals surface area contributed by atoms with E-state index >= 15 is 0 Å². The number of rotatable bonds is 5. The Bertz CT molecular complexity index is 664. The fourth-order valence-corrected chi connectivity index (χ4v) is 2.87. The van der Waals surface area contributed by atoms with Crippen molar-refractivity contribution in [3.05, 3.63) is 65.2 Å². The molecule has 0 aliphatic carbocycles. The maximum absolute atomic E-state index is 13.9. The summed E-state index contributed by atoms with van der Waals surface area (Å²) in [4.78, 5) is 1.92. The van der Waals surface area contributed by atoms with Gasteiger partial charge in [-0.05, 0) is 36.2 Å². The standard InChI is InChI=1S/C18H19F2NO2/c19-17-6-7-18(20)16-11-21(9-8-15(16)17)10-13(22)12-23-14-4-2-1-3-5-14/h1-7,13,22H,8-12H2. The number of benzene rings is 2. The fraction of sp³-hybridized carbons (Fsp3) is 0.333. The van der Waals surface area contributed by atoms with Crippen LogP contribution in [-0.4, -0.2) is 35.8 Å². The minimum Gasteiger partial charge on any atom is -0.491 e. The molecule has 3 rings (SSSR count). The smallest absolute Gasteiger partial charge is 0.128 e. The van der Waals surface area contributed by atoms with E-state index < -0.39 is 6.10 Å². The molecule has 23 heavy (non-hydrogen) atoms. The molecule has 0 spiro atoms. The zero-order chi connectivity index (χ0) is 16.2. The van der Waals surface area contributed by atoms with Crippen LogP contribution in [0.2, 0.25) is 0 Å². The minimum atomic E-state index is -0.687. The Kier molecular flexibility index (Phi) is 4.88. The maximum Gasteiger partial charge on any atom is 0.128 e. The Balaban J connectivity index is 1.56. The van der Waals surface area contributed by atoms with Gasteiger partial charge in [-0.25, -0.2) is 8.78 Å². The molecule has 2 aromatic rings. The second kappa shape index (κ2) is 7.06. The molecule has 0 amide bonds. The predicted molar refractivity (Wildman–Crippen MR) is 83.3 cm³/mol. The highest BCUT2D eigenvalue weighted by atomic mass is 19.1. The number of para-hydroxylation sites is 1. The maximum atomic E-state index is 13.9. The molecule has 0 saturated carbocycles. The first kappa shape index (κ1) is 15.9. The number of halogens is 2. The zero-order valence-electron chi connectivity index (χ0n) is 12.7. The molecule has 0 saturated heterocycles. The van der Waals surface area contributed by atoms with E-state index in [1.165, 1.54) is 6.07 Å². The van der Waals surface area contributed by atoms with Crippen LogP contribution >= 0.6 is 0 Å². The fourth-order valence-electron chi connectivity index (χ4n) is 2.87. The number of nitrogens with zero attached hydrogens (tertiary/aromatic N) is 1. The Morgan fingerprint density at radius 1 is 1.04 bits per heavy atom. The number of ether oxygens (including phenoxy) is 1. The van der Waals surface area contributed by atoms with Gasteiger partial charge in [0.15, 0.2) is 0 Å². The number of hydrogen-bond donors (Lipinski definition) is 1. The van der Waals surface area contributed by atoms with Gasteiger partial charge in [0.05, 0.1) is 0 Å². The van der Waals surface area contributed by atoms with Gasteiger partial charge in [-0.3, -0.25) is 4.90 Å². The third kappa shape index (κ3) is 3.86. The molecule has 1 atom stereocenters. The second-order valence-electron chi connectivity index (χ2n) is 5.75. The van der Waals surface area contributed by atoms with Crippen LogP contribution in [0.25, 0.3) is 0 Å². The van der Waals surface area contributed by atoms with Crippen LogP contribution in [0, 0.1) is 11.6 Å². The Hall–Kier alpha value is -1.98. The summed E-state index contributed by atoms with van der Waals surface area (Å²) in [5, 5.41) is 10.1. The summed E-state index contributed by atoms with van der Waals surface area (Å²) in [6.07, 6.45) is -0.237. The molecule has 1 aliphatic rings. The van der Waals surface area contributed by atoms with Crippen LogP contribution in [0.15, 0.2) is 42.5 Å². The summed E-state index contributed by atoms with van der Waals surface area (Å²) in [5.74, 6) is -0.0428. The van der Waals surface area contributed by atoms with Crippen molar-refractivity contribution < 1.29 is 18.6 Å². The summed E-state index contributed by atoms with van der Waals surface area (Å²) >= 11 is 0. The monoisotopic (exact) mass is 319 g/mol. The van der Waals surface area contributed by atoms with E-state index in [1.54, 1.807) is 0 Å². The van der Waals surface area contributed by atoms with Crippen LogP contribution < -0.4 is 4.74 Å². The van der Waals surface area contributed by atoms with Crippen LogP contribution in [0.5, 0.6) is 5.75 Å². The lowest BCUT2D eigenvalue weighted by molar-refractivity contribution is 0.0630. The Morgan fingerprint density at radius 2 is 1.74 bits per heavy atom. The molecular formula is C18H19F2NO2. The van der Waals surface area contributed by atoms with Crippen LogP contribution in [0.4, 0.5) is 8.78 Å². The third-order valence-corrected chi connectivity index (χ3v) is 4.03. The highest BCUT2D eigenvalue weighted by Crippen LogP contribution is 2.24. The normalized spacial score (nSPS) is 16.0. The van der Waals surface area contributed by atoms with E-state index in [-0.39, 0.29) is 18.2 Å². The van der Waals surface area contributed by atoms with Crippen molar-refractivity contribution in [2.75, 3.05) is 19.7 Å². The first-order valence-electron chi connectivity index (χ1n) is 7.67. The van der Waals surface area contributed by atoms with Gasteiger partial charge >= 0.3 is 0 Å². The van der Waals surface area contributed by atoms with Gasteiger partial charge in [0.25, 0.3) is 0 Å². The molecule has 0 fully saturated rings. The zero-order valence-corrected chi connectivity index (χ0v) is 12.7. The molecule has 3 nitrogen and oxygen atoms in total. The molecule has 5 heteroatoms. The van der Waals surface area contributed by atoms with E-state index in [2.05, 4.69) is 0 Å². The van der Waals surface area contributed by atoms with Gasteiger partial charge in [0.2, 0.25) is 0 Å². The molecule has 1 unspecified atom stereocenters. The lowest BCUT2D eigenvalue weighted by atomic mass is 9.98. The van der Waals surface area contributed by atoms with Gasteiger partial charge in [0.1, 0.15) is 30.1 Å². The number of β-amino-alcohol motifs (C(OH)–C–C–N with tert-alkyl or cyclic N) is 1. The average Bonchev–Trinajstić information content (AvgIpc) is 2.57. The molecule has 1 heterocycles. The summed E-state index contributed by atoms with van der Waals surface area (Å²) < 4.78 is 33.1. The van der Waals surface area contributed by atoms with E-state index in [9.17, 15) is 13.9 Å². The van der Waals surface area contributed by atoms with Crippen molar-refractivity contribution in [3.63, 3.8) is 0 Å². The number of aliphatic hydroxyl groups is 1. The largest absolute Gasteiger partial charge is 0.491 e. The van der Waals surface area contributed by atoms with Gasteiger partial charge in [-0.2, -0.15) is 0 Å². The Labute approximate surface area is 134 Å². The average molecular weight is 319 g/mol. The van der Waals surface area contributed by atoms with Gasteiger partial charge in [-0.15, -0.1) is 0 Å². The first-order valence-corrected chi connectivity index (χ1v) is 7.67. The number of hydrogen-bond acceptors (Lipinski definition) is 3. The van der Waals surface area contributed by atoms with Crippen molar-refractivity contribution >= 4 is 0 Å². The second-order valence-corrected chi connectivity index (χ2v) is 5.75. The summed E-state index contributed by atoms with van der Waals surface area (Å²) in [5.41, 5.74) is 0.851. The molecular weight excluding hydrogens is 300 g/mol. The van der Waals surface area contributed by atoms with E-state index in [0.717, 1.165) is 6.07 Å². The van der Waals surface area contributed by atoms with Crippen LogP contribution in [0.1, 0.15) is 11.1 Å². The van der Waals surface area contributed by atoms with Gasteiger partial charge < -0.3 is 9.84 Å². The lowest BCUT2D eigenvalue weighted by Crippen LogP contribution is -2.39. The molecule has 1 aliphatic heterocycles. The summed E-state index contributed by atoms with van der Waals surface area (Å²) in [6.45, 7) is 1.43. The molecule has 122 valence electrons. The lowest BCUT2D eigenvalue weighted by Gasteiger charge is -2.30. The van der Waals surface area contributed by atoms with Gasteiger partial charge in [0, 0.05) is 25.2 Å². The highest BCUT2D eigenvalue weighted by Gasteiger charge is 2.23. The van der Waals surface area contributed by atoms with Crippen molar-refractivity contribution in [1.29, 1.82) is 0 Å². The van der Waals surface area contributed by atoms with Crippen molar-refractivity contribution in [2.24, 2.45) is 0 Å². The molecule has 0 aromatic heterocycles. The number of aliphatic hydroxyl groups excluding tert-OH is 1. The topological polar surface area (TPSA) is 32.7 Å². The third-order valence-electron chi connectivity index (χ3n) is 4.03. The van der Waals surface area contributed by atoms with Gasteiger partial charge in [-0.1, -0.05) is 18.2 Å². The van der Waals surface area contributed by atoms with Crippen LogP contribution in [-0.2, 0) is 13.0 Å². The molecule has 1 N–H and O–H groups in total. The van der Waals surface area contributed by atoms with E-state index in [0.29, 0.717) is 42.9 Å². The molecule has 2 aromatic carbocycles. The summed E-state index contributed by atoms with van der Waals surface area (Å²) in [6, 6.07) is 11.6. The van der Waals surface area contributed by atoms with E-state index in [4.69, 9.17) is 4.74 Å². The van der Waals surface area contributed by atoms with E-state index in [1.807, 2.05) is 35.2 Å². The van der Waals surface area contributed by atoms with Crippen molar-refractivity contribution in [1.82, 2.24) is 4.90 Å².